The molecule has 21 heavy (non-hydrogen) atoms. The van der Waals surface area contributed by atoms with Gasteiger partial charge in [-0.15, -0.1) is 5.11 Å². The fraction of sp³-hybridized carbons (Fsp3) is 0.143. The number of aryl methyl sites for hydroxylation is 2. The van der Waals surface area contributed by atoms with Crippen molar-refractivity contribution in [3.05, 3.63) is 47.5 Å². The number of anilines is 1. The van der Waals surface area contributed by atoms with E-state index in [1.165, 1.54) is 18.2 Å². The van der Waals surface area contributed by atoms with Gasteiger partial charge in [0.25, 0.3) is 10.1 Å². The highest BCUT2D eigenvalue weighted by Crippen LogP contribution is 2.28. The van der Waals surface area contributed by atoms with Crippen molar-refractivity contribution in [2.24, 2.45) is 10.2 Å². The van der Waals surface area contributed by atoms with Gasteiger partial charge in [0, 0.05) is 0 Å². The second kappa shape index (κ2) is 5.63. The van der Waals surface area contributed by atoms with Crippen LogP contribution in [0.15, 0.2) is 51.5 Å². The lowest BCUT2D eigenvalue weighted by molar-refractivity contribution is 0.483. The van der Waals surface area contributed by atoms with Crippen molar-refractivity contribution in [1.82, 2.24) is 0 Å². The average molecular weight is 305 g/mol. The summed E-state index contributed by atoms with van der Waals surface area (Å²) < 4.78 is 31.1. The Balaban J connectivity index is 2.36. The molecule has 0 amide bonds. The molecule has 2 aromatic carbocycles. The summed E-state index contributed by atoms with van der Waals surface area (Å²) in [4.78, 5) is -0.172. The number of nitrogen functional groups attached to an aromatic ring is 1. The molecule has 0 aliphatic carbocycles. The van der Waals surface area contributed by atoms with Gasteiger partial charge in [-0.1, -0.05) is 6.07 Å². The standard InChI is InChI=1S/C14H15N3O3S/c1-9-3-5-12(15)14(7-9)17-16-13-6-4-11(8-10(13)2)21(18,19)20/h3-8H,15H2,1-2H3,(H,18,19,20). The van der Waals surface area contributed by atoms with E-state index in [1.54, 1.807) is 19.1 Å². The zero-order valence-corrected chi connectivity index (χ0v) is 12.4. The van der Waals surface area contributed by atoms with Gasteiger partial charge < -0.3 is 5.73 Å². The molecular weight excluding hydrogens is 290 g/mol. The molecule has 0 radical (unpaired) electrons. The van der Waals surface area contributed by atoms with Gasteiger partial charge in [0.1, 0.15) is 5.69 Å². The van der Waals surface area contributed by atoms with Gasteiger partial charge >= 0.3 is 0 Å². The summed E-state index contributed by atoms with van der Waals surface area (Å²) >= 11 is 0. The van der Waals surface area contributed by atoms with E-state index < -0.39 is 10.1 Å². The van der Waals surface area contributed by atoms with Crippen LogP contribution in [0.2, 0.25) is 0 Å². The summed E-state index contributed by atoms with van der Waals surface area (Å²) in [5.74, 6) is 0. The van der Waals surface area contributed by atoms with E-state index in [0.29, 0.717) is 22.6 Å². The maximum absolute atomic E-state index is 11.0. The number of nitrogens with two attached hydrogens (primary N) is 1. The van der Waals surface area contributed by atoms with Crippen LogP contribution < -0.4 is 5.73 Å². The van der Waals surface area contributed by atoms with Gasteiger partial charge in [-0.2, -0.15) is 13.5 Å². The summed E-state index contributed by atoms with van der Waals surface area (Å²) in [6, 6.07) is 9.52. The highest BCUT2D eigenvalue weighted by molar-refractivity contribution is 7.85. The number of nitrogens with zero attached hydrogens (tertiary/aromatic N) is 2. The molecule has 2 aromatic rings. The van der Waals surface area contributed by atoms with Crippen LogP contribution in [0.4, 0.5) is 17.1 Å². The molecule has 0 saturated heterocycles. The van der Waals surface area contributed by atoms with Gasteiger partial charge in [0.15, 0.2) is 0 Å². The normalized spacial score (nSPS) is 12.0. The zero-order chi connectivity index (χ0) is 15.6. The van der Waals surface area contributed by atoms with Crippen LogP contribution in [0.25, 0.3) is 0 Å². The maximum Gasteiger partial charge on any atom is 0.294 e. The molecule has 0 aliphatic heterocycles. The lowest BCUT2D eigenvalue weighted by Crippen LogP contribution is -1.97. The maximum atomic E-state index is 11.0. The Morgan fingerprint density at radius 3 is 2.29 bits per heavy atom. The van der Waals surface area contributed by atoms with Crippen LogP contribution in [0, 0.1) is 13.8 Å². The van der Waals surface area contributed by atoms with Gasteiger partial charge in [-0.3, -0.25) is 4.55 Å². The second-order valence-corrected chi connectivity index (χ2v) is 6.11. The van der Waals surface area contributed by atoms with Crippen molar-refractivity contribution in [3.8, 4) is 0 Å². The average Bonchev–Trinajstić information content (AvgIpc) is 2.40. The fourth-order valence-corrected chi connectivity index (χ4v) is 2.31. The molecule has 2 rings (SSSR count). The van der Waals surface area contributed by atoms with Crippen LogP contribution in [-0.4, -0.2) is 13.0 Å². The molecule has 110 valence electrons. The summed E-state index contributed by atoms with van der Waals surface area (Å²) in [7, 11) is -4.21. The third-order valence-corrected chi connectivity index (χ3v) is 3.77. The largest absolute Gasteiger partial charge is 0.397 e. The van der Waals surface area contributed by atoms with E-state index in [1.807, 2.05) is 13.0 Å². The first-order valence-corrected chi connectivity index (χ1v) is 7.57. The van der Waals surface area contributed by atoms with Crippen LogP contribution in [0.1, 0.15) is 11.1 Å². The van der Waals surface area contributed by atoms with Crippen LogP contribution in [-0.2, 0) is 10.1 Å². The molecule has 7 heteroatoms. The summed E-state index contributed by atoms with van der Waals surface area (Å²) in [5.41, 5.74) is 8.96. The molecule has 3 N–H and O–H groups in total. The fourth-order valence-electron chi connectivity index (χ4n) is 1.75. The molecule has 0 aromatic heterocycles. The van der Waals surface area contributed by atoms with Gasteiger partial charge in [-0.05, 0) is 55.3 Å². The molecule has 0 bridgehead atoms. The smallest absolute Gasteiger partial charge is 0.294 e. The molecule has 0 saturated carbocycles. The number of azo groups is 1. The first-order chi connectivity index (χ1) is 9.77. The van der Waals surface area contributed by atoms with E-state index in [-0.39, 0.29) is 4.90 Å². The molecule has 0 fully saturated rings. The minimum atomic E-state index is -4.21. The van der Waals surface area contributed by atoms with E-state index in [9.17, 15) is 8.42 Å². The first-order valence-electron chi connectivity index (χ1n) is 6.13. The highest BCUT2D eigenvalue weighted by Gasteiger charge is 2.10. The van der Waals surface area contributed by atoms with Gasteiger partial charge in [0.05, 0.1) is 16.3 Å². The summed E-state index contributed by atoms with van der Waals surface area (Å²) in [5, 5.41) is 8.15. The second-order valence-electron chi connectivity index (χ2n) is 4.69. The molecule has 0 atom stereocenters. The highest BCUT2D eigenvalue weighted by atomic mass is 32.2. The number of rotatable bonds is 3. The Labute approximate surface area is 123 Å². The monoisotopic (exact) mass is 305 g/mol. The summed E-state index contributed by atoms with van der Waals surface area (Å²) in [6.45, 7) is 3.60. The Morgan fingerprint density at radius 2 is 1.67 bits per heavy atom. The lowest BCUT2D eigenvalue weighted by atomic mass is 10.2. The Hall–Kier alpha value is -2.25. The topological polar surface area (TPSA) is 105 Å². The van der Waals surface area contributed by atoms with Crippen molar-refractivity contribution in [1.29, 1.82) is 0 Å². The van der Waals surface area contributed by atoms with E-state index >= 15 is 0 Å². The number of hydrogen-bond acceptors (Lipinski definition) is 5. The molecule has 0 heterocycles. The third kappa shape index (κ3) is 3.65. The van der Waals surface area contributed by atoms with Crippen molar-refractivity contribution >= 4 is 27.2 Å². The third-order valence-electron chi connectivity index (χ3n) is 2.92. The molecule has 0 aliphatic rings. The molecule has 0 unspecified atom stereocenters. The van der Waals surface area contributed by atoms with Gasteiger partial charge in [-0.25, -0.2) is 0 Å². The van der Waals surface area contributed by atoms with Crippen molar-refractivity contribution in [3.63, 3.8) is 0 Å². The van der Waals surface area contributed by atoms with Gasteiger partial charge in [0.2, 0.25) is 0 Å². The minimum Gasteiger partial charge on any atom is -0.397 e. The van der Waals surface area contributed by atoms with E-state index in [2.05, 4.69) is 10.2 Å². The van der Waals surface area contributed by atoms with Crippen molar-refractivity contribution < 1.29 is 13.0 Å². The number of hydrogen-bond donors (Lipinski definition) is 2. The molecule has 6 nitrogen and oxygen atoms in total. The van der Waals surface area contributed by atoms with E-state index in [0.717, 1.165) is 5.56 Å². The Morgan fingerprint density at radius 1 is 1.00 bits per heavy atom. The first kappa shape index (κ1) is 15.1. The van der Waals surface area contributed by atoms with E-state index in [4.69, 9.17) is 10.3 Å². The van der Waals surface area contributed by atoms with Crippen LogP contribution >= 0.6 is 0 Å². The van der Waals surface area contributed by atoms with Crippen LogP contribution in [0.3, 0.4) is 0 Å². The minimum absolute atomic E-state index is 0.172. The number of benzene rings is 2. The van der Waals surface area contributed by atoms with Crippen LogP contribution in [0.5, 0.6) is 0 Å². The van der Waals surface area contributed by atoms with Crippen molar-refractivity contribution in [2.75, 3.05) is 5.73 Å². The zero-order valence-electron chi connectivity index (χ0n) is 11.6. The SMILES string of the molecule is Cc1ccc(N)c(N=Nc2ccc(S(=O)(=O)O)cc2C)c1. The predicted octanol–water partition coefficient (Wildman–Crippen LogP) is 3.55. The molecular formula is C14H15N3O3S. The Kier molecular flexibility index (Phi) is 4.06. The lowest BCUT2D eigenvalue weighted by Gasteiger charge is -2.03. The molecule has 0 spiro atoms. The van der Waals surface area contributed by atoms with Crippen molar-refractivity contribution in [2.45, 2.75) is 18.7 Å². The summed E-state index contributed by atoms with van der Waals surface area (Å²) in [6.07, 6.45) is 0. The predicted molar refractivity (Wildman–Crippen MR) is 80.8 cm³/mol. The Bertz CT molecular complexity index is 814. The quantitative estimate of drug-likeness (QED) is 0.514.